The quantitative estimate of drug-likeness (QED) is 0.453. The summed E-state index contributed by atoms with van der Waals surface area (Å²) in [6.45, 7) is 4.43. The van der Waals surface area contributed by atoms with E-state index in [4.69, 9.17) is 9.15 Å². The number of halogens is 1. The van der Waals surface area contributed by atoms with Crippen molar-refractivity contribution in [2.45, 2.75) is 25.5 Å². The Morgan fingerprint density at radius 3 is 2.71 bits per heavy atom. The van der Waals surface area contributed by atoms with E-state index in [-0.39, 0.29) is 5.82 Å². The molecule has 0 radical (unpaired) electrons. The van der Waals surface area contributed by atoms with Crippen molar-refractivity contribution in [1.82, 2.24) is 15.2 Å². The first-order valence-corrected chi connectivity index (χ1v) is 9.21. The molecule has 0 N–H and O–H groups in total. The Morgan fingerprint density at radius 2 is 2.00 bits per heavy atom. The van der Waals surface area contributed by atoms with Crippen LogP contribution in [-0.2, 0) is 0 Å². The third kappa shape index (κ3) is 4.33. The minimum atomic E-state index is -0.267. The second kappa shape index (κ2) is 7.76. The number of aromatic nitrogens is 3. The molecule has 24 heavy (non-hydrogen) atoms. The lowest BCUT2D eigenvalue weighted by atomic mass is 10.3. The third-order valence-electron chi connectivity index (χ3n) is 3.10. The summed E-state index contributed by atoms with van der Waals surface area (Å²) in [5.41, 5.74) is 0.908. The molecule has 3 aromatic rings. The van der Waals surface area contributed by atoms with Crippen molar-refractivity contribution in [3.8, 4) is 16.5 Å². The van der Waals surface area contributed by atoms with E-state index in [1.165, 1.54) is 23.9 Å². The van der Waals surface area contributed by atoms with E-state index in [9.17, 15) is 4.39 Å². The summed E-state index contributed by atoms with van der Waals surface area (Å²) >= 11 is 3.04. The molecule has 126 valence electrons. The van der Waals surface area contributed by atoms with Gasteiger partial charge in [0, 0.05) is 5.75 Å². The smallest absolute Gasteiger partial charge is 0.276 e. The first-order chi connectivity index (χ1) is 11.6. The van der Waals surface area contributed by atoms with Crippen LogP contribution in [-0.4, -0.2) is 27.5 Å². The van der Waals surface area contributed by atoms with E-state index in [0.717, 1.165) is 27.8 Å². The Hall–Kier alpha value is -1.93. The molecule has 2 aromatic heterocycles. The third-order valence-corrected chi connectivity index (χ3v) is 5.07. The lowest BCUT2D eigenvalue weighted by Gasteiger charge is -2.04. The number of thiazole rings is 1. The van der Waals surface area contributed by atoms with Crippen LogP contribution in [0, 0.1) is 19.7 Å². The molecule has 8 heteroatoms. The van der Waals surface area contributed by atoms with Crippen LogP contribution in [0.4, 0.5) is 4.39 Å². The molecule has 0 bridgehead atoms. The van der Waals surface area contributed by atoms with E-state index in [1.807, 2.05) is 13.8 Å². The molecule has 0 saturated heterocycles. The highest BCUT2D eigenvalue weighted by Gasteiger charge is 2.14. The number of ether oxygens (including phenoxy) is 1. The predicted octanol–water partition coefficient (Wildman–Crippen LogP) is 4.51. The van der Waals surface area contributed by atoms with Gasteiger partial charge in [0.05, 0.1) is 17.3 Å². The number of aryl methyl sites for hydroxylation is 2. The van der Waals surface area contributed by atoms with Crippen LogP contribution in [0.15, 0.2) is 33.9 Å². The van der Waals surface area contributed by atoms with Gasteiger partial charge < -0.3 is 9.15 Å². The summed E-state index contributed by atoms with van der Waals surface area (Å²) in [6.07, 6.45) is 0.818. The van der Waals surface area contributed by atoms with Gasteiger partial charge >= 0.3 is 0 Å². The summed E-state index contributed by atoms with van der Waals surface area (Å²) in [5.74, 6) is 1.71. The van der Waals surface area contributed by atoms with Crippen LogP contribution >= 0.6 is 23.1 Å². The molecule has 0 amide bonds. The van der Waals surface area contributed by atoms with Crippen LogP contribution in [0.2, 0.25) is 0 Å². The SMILES string of the molecule is Cc1nc(C)c(-c2nnc(SCCCOc3ccc(F)cc3)o2)s1. The average Bonchev–Trinajstić information content (AvgIpc) is 3.15. The molecule has 5 nitrogen and oxygen atoms in total. The lowest BCUT2D eigenvalue weighted by molar-refractivity contribution is 0.318. The first-order valence-electron chi connectivity index (χ1n) is 7.41. The van der Waals surface area contributed by atoms with Crippen molar-refractivity contribution in [2.75, 3.05) is 12.4 Å². The predicted molar refractivity (Wildman–Crippen MR) is 92.1 cm³/mol. The molecule has 2 heterocycles. The van der Waals surface area contributed by atoms with Crippen molar-refractivity contribution in [2.24, 2.45) is 0 Å². The Kier molecular flexibility index (Phi) is 5.47. The van der Waals surface area contributed by atoms with Crippen molar-refractivity contribution >= 4 is 23.1 Å². The van der Waals surface area contributed by atoms with Crippen molar-refractivity contribution in [3.05, 3.63) is 40.8 Å². The molecule has 0 fully saturated rings. The summed E-state index contributed by atoms with van der Waals surface area (Å²) in [7, 11) is 0. The zero-order valence-electron chi connectivity index (χ0n) is 13.3. The molecular formula is C16H16FN3O2S2. The maximum absolute atomic E-state index is 12.8. The van der Waals surface area contributed by atoms with E-state index in [1.54, 1.807) is 23.5 Å². The van der Waals surface area contributed by atoms with E-state index >= 15 is 0 Å². The first kappa shape index (κ1) is 16.9. The molecule has 0 atom stereocenters. The van der Waals surface area contributed by atoms with Gasteiger partial charge in [-0.25, -0.2) is 9.37 Å². The Labute approximate surface area is 147 Å². The van der Waals surface area contributed by atoms with Crippen molar-refractivity contribution in [1.29, 1.82) is 0 Å². The Balaban J connectivity index is 1.44. The van der Waals surface area contributed by atoms with E-state index < -0.39 is 0 Å². The molecule has 0 saturated carbocycles. The monoisotopic (exact) mass is 365 g/mol. The zero-order chi connectivity index (χ0) is 16.9. The van der Waals surface area contributed by atoms with Crippen LogP contribution in [0.25, 0.3) is 10.8 Å². The second-order valence-electron chi connectivity index (χ2n) is 5.02. The largest absolute Gasteiger partial charge is 0.494 e. The second-order valence-corrected chi connectivity index (χ2v) is 7.27. The summed E-state index contributed by atoms with van der Waals surface area (Å²) in [5, 5.41) is 9.65. The van der Waals surface area contributed by atoms with Gasteiger partial charge in [-0.05, 0) is 44.5 Å². The molecule has 0 unspecified atom stereocenters. The average molecular weight is 365 g/mol. The van der Waals surface area contributed by atoms with Gasteiger partial charge in [0.1, 0.15) is 16.4 Å². The highest BCUT2D eigenvalue weighted by Crippen LogP contribution is 2.30. The van der Waals surface area contributed by atoms with Crippen LogP contribution in [0.3, 0.4) is 0 Å². The fraction of sp³-hybridized carbons (Fsp3) is 0.312. The maximum atomic E-state index is 12.8. The summed E-state index contributed by atoms with van der Waals surface area (Å²) < 4.78 is 24.0. The molecule has 3 rings (SSSR count). The zero-order valence-corrected chi connectivity index (χ0v) is 14.9. The number of thioether (sulfide) groups is 1. The topological polar surface area (TPSA) is 61.0 Å². The molecule has 0 aliphatic heterocycles. The maximum Gasteiger partial charge on any atom is 0.276 e. The van der Waals surface area contributed by atoms with Gasteiger partial charge in [0.15, 0.2) is 0 Å². The number of hydrogen-bond donors (Lipinski definition) is 0. The fourth-order valence-corrected chi connectivity index (χ4v) is 3.54. The molecular weight excluding hydrogens is 349 g/mol. The van der Waals surface area contributed by atoms with Gasteiger partial charge in [-0.3, -0.25) is 0 Å². The molecule has 0 spiro atoms. The highest BCUT2D eigenvalue weighted by molar-refractivity contribution is 7.99. The Morgan fingerprint density at radius 1 is 1.21 bits per heavy atom. The number of rotatable bonds is 7. The van der Waals surface area contributed by atoms with Gasteiger partial charge in [-0.2, -0.15) is 0 Å². The van der Waals surface area contributed by atoms with Crippen molar-refractivity contribution < 1.29 is 13.5 Å². The van der Waals surface area contributed by atoms with Crippen LogP contribution in [0.5, 0.6) is 5.75 Å². The lowest BCUT2D eigenvalue weighted by Crippen LogP contribution is -1.98. The summed E-state index contributed by atoms with van der Waals surface area (Å²) in [4.78, 5) is 5.28. The number of hydrogen-bond acceptors (Lipinski definition) is 7. The standard InChI is InChI=1S/C16H16FN3O2S2/c1-10-14(24-11(2)18-10)15-19-20-16(22-15)23-9-3-8-21-13-6-4-12(17)5-7-13/h4-7H,3,8-9H2,1-2H3. The fourth-order valence-electron chi connectivity index (χ4n) is 2.03. The van der Waals surface area contributed by atoms with Gasteiger partial charge in [-0.1, -0.05) is 11.8 Å². The molecule has 0 aliphatic rings. The summed E-state index contributed by atoms with van der Waals surface area (Å²) in [6, 6.07) is 6.00. The minimum absolute atomic E-state index is 0.267. The van der Waals surface area contributed by atoms with Crippen LogP contribution in [0.1, 0.15) is 17.1 Å². The Bertz CT molecular complexity index is 802. The van der Waals surface area contributed by atoms with Crippen LogP contribution < -0.4 is 4.74 Å². The number of nitrogens with zero attached hydrogens (tertiary/aromatic N) is 3. The highest BCUT2D eigenvalue weighted by atomic mass is 32.2. The number of benzene rings is 1. The van der Waals surface area contributed by atoms with Gasteiger partial charge in [0.2, 0.25) is 0 Å². The minimum Gasteiger partial charge on any atom is -0.494 e. The van der Waals surface area contributed by atoms with E-state index in [0.29, 0.717) is 23.5 Å². The van der Waals surface area contributed by atoms with Crippen molar-refractivity contribution in [3.63, 3.8) is 0 Å². The van der Waals surface area contributed by atoms with E-state index in [2.05, 4.69) is 15.2 Å². The molecule has 1 aromatic carbocycles. The van der Waals surface area contributed by atoms with Gasteiger partial charge in [0.25, 0.3) is 11.1 Å². The molecule has 0 aliphatic carbocycles. The van der Waals surface area contributed by atoms with Gasteiger partial charge in [-0.15, -0.1) is 21.5 Å². The normalized spacial score (nSPS) is 11.0.